The van der Waals surface area contributed by atoms with Crippen molar-refractivity contribution in [2.45, 2.75) is 13.0 Å². The monoisotopic (exact) mass is 411 g/mol. The molecular weight excluding hydrogens is 398 g/mol. The smallest absolute Gasteiger partial charge is 0.331 e. The normalized spacial score (nSPS) is 12.1. The van der Waals surface area contributed by atoms with Crippen LogP contribution in [0.25, 0.3) is 6.08 Å². The van der Waals surface area contributed by atoms with Gasteiger partial charge >= 0.3 is 5.97 Å². The van der Waals surface area contributed by atoms with E-state index < -0.39 is 11.9 Å². The Morgan fingerprint density at radius 3 is 2.83 bits per heavy atom. The van der Waals surface area contributed by atoms with E-state index >= 15 is 0 Å². The summed E-state index contributed by atoms with van der Waals surface area (Å²) in [4.78, 5) is 23.4. The molecule has 0 aliphatic rings. The van der Waals surface area contributed by atoms with Gasteiger partial charge in [-0.15, -0.1) is 0 Å². The number of carbonyl (C=O) groups is 2. The molecule has 24 heavy (non-hydrogen) atoms. The molecule has 0 aliphatic heterocycles. The second kappa shape index (κ2) is 8.70. The zero-order valence-corrected chi connectivity index (χ0v) is 15.1. The zero-order valence-electron chi connectivity index (χ0n) is 12.8. The molecule has 126 valence electrons. The number of halogens is 2. The number of esters is 1. The number of hydrogen-bond acceptors (Lipinski definition) is 4. The van der Waals surface area contributed by atoms with Crippen LogP contribution in [0.5, 0.6) is 0 Å². The Bertz CT molecular complexity index is 757. The minimum atomic E-state index is -0.631. The molecule has 1 N–H and O–H groups in total. The lowest BCUT2D eigenvalue weighted by molar-refractivity contribution is -0.144. The summed E-state index contributed by atoms with van der Waals surface area (Å²) in [6.45, 7) is 1.45. The van der Waals surface area contributed by atoms with Gasteiger partial charge in [0, 0.05) is 11.1 Å². The molecule has 1 aromatic heterocycles. The lowest BCUT2D eigenvalue weighted by atomic mass is 10.1. The van der Waals surface area contributed by atoms with Crippen molar-refractivity contribution in [1.82, 2.24) is 5.32 Å². The van der Waals surface area contributed by atoms with E-state index in [0.717, 1.165) is 5.56 Å². The van der Waals surface area contributed by atoms with E-state index in [1.54, 1.807) is 30.3 Å². The van der Waals surface area contributed by atoms with Gasteiger partial charge in [-0.3, -0.25) is 4.79 Å². The Hall–Kier alpha value is -2.05. The fourth-order valence-electron chi connectivity index (χ4n) is 1.90. The van der Waals surface area contributed by atoms with Crippen molar-refractivity contribution in [3.8, 4) is 0 Å². The molecule has 2 rings (SSSR count). The number of hydrogen-bond donors (Lipinski definition) is 1. The number of rotatable bonds is 6. The van der Waals surface area contributed by atoms with Crippen LogP contribution in [0.3, 0.4) is 0 Å². The fourth-order valence-corrected chi connectivity index (χ4v) is 2.41. The Morgan fingerprint density at radius 2 is 2.17 bits per heavy atom. The third-order valence-corrected chi connectivity index (χ3v) is 3.71. The fraction of sp³-hybridized carbons (Fsp3) is 0.176. The predicted molar refractivity (Wildman–Crippen MR) is 94.4 cm³/mol. The van der Waals surface area contributed by atoms with Crippen molar-refractivity contribution in [1.29, 1.82) is 0 Å². The van der Waals surface area contributed by atoms with Gasteiger partial charge in [0.1, 0.15) is 5.76 Å². The molecule has 0 spiro atoms. The summed E-state index contributed by atoms with van der Waals surface area (Å²) >= 11 is 9.07. The Kier molecular flexibility index (Phi) is 6.63. The highest BCUT2D eigenvalue weighted by atomic mass is 79.9. The zero-order chi connectivity index (χ0) is 17.5. The first-order valence-electron chi connectivity index (χ1n) is 7.09. The summed E-state index contributed by atoms with van der Waals surface area (Å²) in [6, 6.07) is 10.3. The summed E-state index contributed by atoms with van der Waals surface area (Å²) in [7, 11) is 0. The standard InChI is InChI=1S/C17H15BrClNO4/c1-11(12-3-2-4-13(19)9-12)20-16(21)10-23-17(22)8-6-14-5-7-15(18)24-14/h2-9,11H,10H2,1H3,(H,20,21)/b8-6+/t11-/m0/s1. The van der Waals surface area contributed by atoms with E-state index in [1.807, 2.05) is 13.0 Å². The van der Waals surface area contributed by atoms with Crippen LogP contribution in [-0.4, -0.2) is 18.5 Å². The summed E-state index contributed by atoms with van der Waals surface area (Å²) < 4.78 is 10.6. The van der Waals surface area contributed by atoms with E-state index in [1.165, 1.54) is 12.2 Å². The van der Waals surface area contributed by atoms with Crippen molar-refractivity contribution in [3.05, 3.63) is 63.5 Å². The number of furan rings is 1. The predicted octanol–water partition coefficient (Wildman–Crippen LogP) is 4.13. The lowest BCUT2D eigenvalue weighted by Crippen LogP contribution is -2.30. The largest absolute Gasteiger partial charge is 0.452 e. The van der Waals surface area contributed by atoms with Gasteiger partial charge in [0.25, 0.3) is 5.91 Å². The average molecular weight is 413 g/mol. The van der Waals surface area contributed by atoms with E-state index in [9.17, 15) is 9.59 Å². The van der Waals surface area contributed by atoms with Crippen molar-refractivity contribution in [2.75, 3.05) is 6.61 Å². The lowest BCUT2D eigenvalue weighted by Gasteiger charge is -2.14. The SMILES string of the molecule is C[C@H](NC(=O)COC(=O)/C=C/c1ccc(Br)o1)c1cccc(Cl)c1. The first-order valence-corrected chi connectivity index (χ1v) is 8.26. The number of amides is 1. The van der Waals surface area contributed by atoms with Crippen molar-refractivity contribution in [3.63, 3.8) is 0 Å². The third kappa shape index (κ3) is 5.86. The van der Waals surface area contributed by atoms with Crippen molar-refractivity contribution >= 4 is 45.5 Å². The summed E-state index contributed by atoms with van der Waals surface area (Å²) in [5, 5.41) is 3.32. The molecule has 0 saturated carbocycles. The molecule has 1 aromatic carbocycles. The van der Waals surface area contributed by atoms with E-state index in [-0.39, 0.29) is 12.6 Å². The van der Waals surface area contributed by atoms with Crippen LogP contribution in [0, 0.1) is 0 Å². The Labute approximate surface area is 152 Å². The van der Waals surface area contributed by atoms with Gasteiger partial charge in [0.2, 0.25) is 0 Å². The maximum Gasteiger partial charge on any atom is 0.331 e. The van der Waals surface area contributed by atoms with Crippen molar-refractivity contribution in [2.24, 2.45) is 0 Å². The molecule has 1 atom stereocenters. The maximum absolute atomic E-state index is 11.8. The number of carbonyl (C=O) groups excluding carboxylic acids is 2. The minimum absolute atomic E-state index is 0.245. The van der Waals surface area contributed by atoms with Crippen LogP contribution in [0.2, 0.25) is 5.02 Å². The highest BCUT2D eigenvalue weighted by Crippen LogP contribution is 2.17. The molecule has 0 unspecified atom stereocenters. The molecule has 0 aliphatic carbocycles. The van der Waals surface area contributed by atoms with E-state index in [2.05, 4.69) is 21.2 Å². The number of ether oxygens (including phenoxy) is 1. The quantitative estimate of drug-likeness (QED) is 0.572. The minimum Gasteiger partial charge on any atom is -0.452 e. The molecule has 0 fully saturated rings. The van der Waals surface area contributed by atoms with Gasteiger partial charge in [-0.05, 0) is 58.8 Å². The van der Waals surface area contributed by atoms with Crippen molar-refractivity contribution < 1.29 is 18.7 Å². The van der Waals surface area contributed by atoms with Gasteiger partial charge in [-0.2, -0.15) is 0 Å². The van der Waals surface area contributed by atoms with Gasteiger partial charge in [-0.25, -0.2) is 4.79 Å². The molecule has 7 heteroatoms. The van der Waals surface area contributed by atoms with Gasteiger partial charge < -0.3 is 14.5 Å². The Morgan fingerprint density at radius 1 is 1.38 bits per heavy atom. The van der Waals surface area contributed by atoms with Gasteiger partial charge in [0.05, 0.1) is 6.04 Å². The van der Waals surface area contributed by atoms with Crippen LogP contribution >= 0.6 is 27.5 Å². The highest BCUT2D eigenvalue weighted by molar-refractivity contribution is 9.10. The summed E-state index contributed by atoms with van der Waals surface area (Å²) in [6.07, 6.45) is 2.65. The Balaban J connectivity index is 1.78. The molecule has 2 aromatic rings. The van der Waals surface area contributed by atoms with Crippen LogP contribution in [-0.2, 0) is 14.3 Å². The second-order valence-corrected chi connectivity index (χ2v) is 6.15. The summed E-state index contributed by atoms with van der Waals surface area (Å²) in [5.74, 6) is -0.532. The van der Waals surface area contributed by atoms with E-state index in [0.29, 0.717) is 15.5 Å². The van der Waals surface area contributed by atoms with Crippen LogP contribution < -0.4 is 5.32 Å². The second-order valence-electron chi connectivity index (χ2n) is 4.93. The summed E-state index contributed by atoms with van der Waals surface area (Å²) in [5.41, 5.74) is 0.866. The first kappa shape index (κ1) is 18.3. The van der Waals surface area contributed by atoms with Crippen LogP contribution in [0.1, 0.15) is 24.3 Å². The number of benzene rings is 1. The van der Waals surface area contributed by atoms with Crippen LogP contribution in [0.15, 0.2) is 51.6 Å². The highest BCUT2D eigenvalue weighted by Gasteiger charge is 2.11. The molecule has 5 nitrogen and oxygen atoms in total. The average Bonchev–Trinajstić information content (AvgIpc) is 2.96. The molecular formula is C17H15BrClNO4. The molecule has 0 saturated heterocycles. The maximum atomic E-state index is 11.8. The van der Waals surface area contributed by atoms with E-state index in [4.69, 9.17) is 20.8 Å². The van der Waals surface area contributed by atoms with Gasteiger partial charge in [-0.1, -0.05) is 23.7 Å². The topological polar surface area (TPSA) is 68.5 Å². The third-order valence-electron chi connectivity index (χ3n) is 3.05. The van der Waals surface area contributed by atoms with Crippen LogP contribution in [0.4, 0.5) is 0 Å². The van der Waals surface area contributed by atoms with Gasteiger partial charge in [0.15, 0.2) is 11.3 Å². The molecule has 1 amide bonds. The number of nitrogens with one attached hydrogen (secondary N) is 1. The molecule has 0 radical (unpaired) electrons. The first-order chi connectivity index (χ1) is 11.4. The molecule has 1 heterocycles. The molecule has 0 bridgehead atoms.